The van der Waals surface area contributed by atoms with Crippen molar-refractivity contribution in [2.75, 3.05) is 0 Å². The Morgan fingerprint density at radius 2 is 1.58 bits per heavy atom. The van der Waals surface area contributed by atoms with E-state index in [9.17, 15) is 5.11 Å². The second kappa shape index (κ2) is 4.03. The van der Waals surface area contributed by atoms with Gasteiger partial charge < -0.3 is 14.6 Å². The first-order valence-electron chi connectivity index (χ1n) is 6.72. The van der Waals surface area contributed by atoms with Gasteiger partial charge in [0.25, 0.3) is 0 Å². The molecule has 3 nitrogen and oxygen atoms in total. The van der Waals surface area contributed by atoms with Gasteiger partial charge in [0.2, 0.25) is 0 Å². The minimum Gasteiger partial charge on any atom is -0.490 e. The van der Waals surface area contributed by atoms with E-state index in [2.05, 4.69) is 0 Å². The maximum Gasteiger partial charge on any atom is 0.142 e. The van der Waals surface area contributed by atoms with Crippen molar-refractivity contribution >= 4 is 11.6 Å². The van der Waals surface area contributed by atoms with Gasteiger partial charge in [-0.05, 0) is 27.7 Å². The summed E-state index contributed by atoms with van der Waals surface area (Å²) in [7, 11) is 0. The minimum absolute atomic E-state index is 0.0912. The Balaban J connectivity index is 2.30. The van der Waals surface area contributed by atoms with Crippen molar-refractivity contribution in [2.45, 2.75) is 58.3 Å². The molecular formula is C15H19ClO3. The Bertz CT molecular complexity index is 506. The van der Waals surface area contributed by atoms with Crippen molar-refractivity contribution in [3.8, 4) is 11.5 Å². The molecule has 4 heteroatoms. The van der Waals surface area contributed by atoms with E-state index in [1.54, 1.807) is 13.8 Å². The van der Waals surface area contributed by atoms with E-state index in [4.69, 9.17) is 21.1 Å². The molecule has 0 saturated carbocycles. The molecule has 2 atom stereocenters. The molecule has 0 amide bonds. The molecule has 1 aromatic carbocycles. The van der Waals surface area contributed by atoms with Crippen LogP contribution in [0.15, 0.2) is 0 Å². The van der Waals surface area contributed by atoms with Crippen molar-refractivity contribution < 1.29 is 14.6 Å². The van der Waals surface area contributed by atoms with Gasteiger partial charge >= 0.3 is 0 Å². The van der Waals surface area contributed by atoms with Crippen molar-refractivity contribution in [2.24, 2.45) is 0 Å². The van der Waals surface area contributed by atoms with Crippen LogP contribution in [-0.4, -0.2) is 17.3 Å². The molecule has 0 bridgehead atoms. The van der Waals surface area contributed by atoms with Crippen LogP contribution in [-0.2, 0) is 18.4 Å². The van der Waals surface area contributed by atoms with Gasteiger partial charge in [-0.3, -0.25) is 0 Å². The molecule has 1 aromatic rings. The summed E-state index contributed by atoms with van der Waals surface area (Å²) in [6.45, 7) is 7.59. The van der Waals surface area contributed by atoms with Crippen LogP contribution in [0.1, 0.15) is 44.4 Å². The van der Waals surface area contributed by atoms with E-state index in [-0.39, 0.29) is 12.2 Å². The van der Waals surface area contributed by atoms with Gasteiger partial charge in [-0.2, -0.15) is 0 Å². The first-order chi connectivity index (χ1) is 8.79. The van der Waals surface area contributed by atoms with Crippen LogP contribution in [0.3, 0.4) is 0 Å². The molecule has 2 aliphatic heterocycles. The molecule has 104 valence electrons. The number of hydrogen-bond acceptors (Lipinski definition) is 3. The fraction of sp³-hybridized carbons (Fsp3) is 0.600. The second-order valence-corrected chi connectivity index (χ2v) is 6.51. The molecule has 2 heterocycles. The van der Waals surface area contributed by atoms with Crippen molar-refractivity contribution in [3.63, 3.8) is 0 Å². The maximum atomic E-state index is 10.5. The van der Waals surface area contributed by atoms with Crippen LogP contribution in [0, 0.1) is 0 Å². The Morgan fingerprint density at radius 3 is 2.16 bits per heavy atom. The molecule has 2 unspecified atom stereocenters. The zero-order valence-electron chi connectivity index (χ0n) is 11.7. The first-order valence-corrected chi connectivity index (χ1v) is 7.10. The average Bonchev–Trinajstić information content (AvgIpc) is 2.80. The van der Waals surface area contributed by atoms with Crippen LogP contribution in [0.25, 0.3) is 0 Å². The summed E-state index contributed by atoms with van der Waals surface area (Å²) in [5.74, 6) is 1.50. The molecule has 3 rings (SSSR count). The Hall–Kier alpha value is -0.930. The van der Waals surface area contributed by atoms with E-state index >= 15 is 0 Å². The normalized spacial score (nSPS) is 24.7. The summed E-state index contributed by atoms with van der Waals surface area (Å²) in [5, 5.41) is 11.2. The van der Waals surface area contributed by atoms with E-state index < -0.39 is 5.60 Å². The van der Waals surface area contributed by atoms with Gasteiger partial charge in [0.05, 0.1) is 10.6 Å². The average molecular weight is 283 g/mol. The third-order valence-electron chi connectivity index (χ3n) is 3.77. The number of hydrogen-bond donors (Lipinski definition) is 1. The minimum atomic E-state index is -0.962. The maximum absolute atomic E-state index is 10.5. The Kier molecular flexibility index (Phi) is 2.77. The van der Waals surface area contributed by atoms with Crippen LogP contribution < -0.4 is 9.47 Å². The Morgan fingerprint density at radius 1 is 1.05 bits per heavy atom. The molecule has 0 spiro atoms. The number of ether oxygens (including phenoxy) is 2. The predicted octanol–water partition coefficient (Wildman–Crippen LogP) is 3.21. The summed E-state index contributed by atoms with van der Waals surface area (Å²) >= 11 is 6.47. The first kappa shape index (κ1) is 13.1. The molecule has 0 saturated heterocycles. The molecule has 2 aliphatic rings. The zero-order chi connectivity index (χ0) is 13.9. The molecule has 0 radical (unpaired) electrons. The van der Waals surface area contributed by atoms with Crippen LogP contribution in [0.2, 0.25) is 5.02 Å². The van der Waals surface area contributed by atoms with Gasteiger partial charge in [0.1, 0.15) is 23.7 Å². The zero-order valence-corrected chi connectivity index (χ0v) is 12.5. The van der Waals surface area contributed by atoms with E-state index in [0.29, 0.717) is 5.02 Å². The highest BCUT2D eigenvalue weighted by Crippen LogP contribution is 2.51. The van der Waals surface area contributed by atoms with Crippen LogP contribution >= 0.6 is 11.6 Å². The fourth-order valence-corrected chi connectivity index (χ4v) is 3.43. The lowest BCUT2D eigenvalue weighted by Crippen LogP contribution is -2.20. The van der Waals surface area contributed by atoms with E-state index in [1.165, 1.54) is 0 Å². The van der Waals surface area contributed by atoms with Gasteiger partial charge in [-0.25, -0.2) is 0 Å². The third kappa shape index (κ3) is 1.91. The highest BCUT2D eigenvalue weighted by Gasteiger charge is 2.39. The summed E-state index contributed by atoms with van der Waals surface area (Å²) in [6, 6.07) is 0. The molecule has 0 aromatic heterocycles. The lowest BCUT2D eigenvalue weighted by molar-refractivity contribution is 0.0734. The lowest BCUT2D eigenvalue weighted by Gasteiger charge is -2.24. The number of rotatable bonds is 1. The summed E-state index contributed by atoms with van der Waals surface area (Å²) in [6.07, 6.45) is 1.71. The molecule has 1 N–H and O–H groups in total. The van der Waals surface area contributed by atoms with Crippen LogP contribution in [0.5, 0.6) is 11.5 Å². The molecular weight excluding hydrogens is 264 g/mol. The third-order valence-corrected chi connectivity index (χ3v) is 4.17. The van der Waals surface area contributed by atoms with E-state index in [1.807, 2.05) is 13.8 Å². The number of aliphatic hydroxyl groups is 1. The van der Waals surface area contributed by atoms with Crippen molar-refractivity contribution in [3.05, 3.63) is 21.7 Å². The van der Waals surface area contributed by atoms with E-state index in [0.717, 1.165) is 41.0 Å². The smallest absolute Gasteiger partial charge is 0.142 e. The standard InChI is InChI=1S/C15H19ClO3/c1-7-5-9-11(15(3,4)17)13-10(6-8(2)18-13)12(16)14(9)19-7/h7-8,17H,5-6H2,1-4H3. The second-order valence-electron chi connectivity index (χ2n) is 6.13. The van der Waals surface area contributed by atoms with Gasteiger partial charge in [-0.1, -0.05) is 11.6 Å². The predicted molar refractivity (Wildman–Crippen MR) is 74.3 cm³/mol. The van der Waals surface area contributed by atoms with Crippen molar-refractivity contribution in [1.82, 2.24) is 0 Å². The highest BCUT2D eigenvalue weighted by molar-refractivity contribution is 6.33. The monoisotopic (exact) mass is 282 g/mol. The molecule has 0 fully saturated rings. The SMILES string of the molecule is CC1Cc2c(c(Cl)c3c(c2C(C)(C)O)OC(C)C3)O1. The highest BCUT2D eigenvalue weighted by atomic mass is 35.5. The number of benzene rings is 1. The van der Waals surface area contributed by atoms with Crippen molar-refractivity contribution in [1.29, 1.82) is 0 Å². The summed E-state index contributed by atoms with van der Waals surface area (Å²) in [4.78, 5) is 0. The quantitative estimate of drug-likeness (QED) is 0.860. The summed E-state index contributed by atoms with van der Waals surface area (Å²) in [5.41, 5.74) is 1.85. The topological polar surface area (TPSA) is 38.7 Å². The molecule has 19 heavy (non-hydrogen) atoms. The van der Waals surface area contributed by atoms with Gasteiger partial charge in [-0.15, -0.1) is 0 Å². The Labute approximate surface area is 118 Å². The lowest BCUT2D eigenvalue weighted by atomic mass is 9.88. The van der Waals surface area contributed by atoms with Gasteiger partial charge in [0, 0.05) is 29.5 Å². The van der Waals surface area contributed by atoms with Crippen LogP contribution in [0.4, 0.5) is 0 Å². The largest absolute Gasteiger partial charge is 0.490 e. The summed E-state index contributed by atoms with van der Waals surface area (Å²) < 4.78 is 11.7. The van der Waals surface area contributed by atoms with Gasteiger partial charge in [0.15, 0.2) is 0 Å². The molecule has 0 aliphatic carbocycles. The fourth-order valence-electron chi connectivity index (χ4n) is 3.11. The number of halogens is 1. The number of fused-ring (bicyclic) bond motifs is 2.